The first-order chi connectivity index (χ1) is 6.84. The molecule has 0 aliphatic carbocycles. The minimum Gasteiger partial charge on any atom is -0.395 e. The summed E-state index contributed by atoms with van der Waals surface area (Å²) in [6, 6.07) is 0.0988. The van der Waals surface area contributed by atoms with E-state index in [4.69, 9.17) is 5.73 Å². The Morgan fingerprint density at radius 3 is 2.53 bits per heavy atom. The van der Waals surface area contributed by atoms with E-state index in [-0.39, 0.29) is 30.5 Å². The number of hydrogen-bond acceptors (Lipinski definition) is 3. The van der Waals surface area contributed by atoms with Crippen LogP contribution in [-0.2, 0) is 4.79 Å². The van der Waals surface area contributed by atoms with Crippen LogP contribution in [0.2, 0.25) is 0 Å². The van der Waals surface area contributed by atoms with Crippen molar-refractivity contribution in [1.82, 2.24) is 4.90 Å². The largest absolute Gasteiger partial charge is 0.395 e. The van der Waals surface area contributed by atoms with Gasteiger partial charge in [0.25, 0.3) is 0 Å². The fourth-order valence-electron chi connectivity index (χ4n) is 2.20. The molecule has 1 amide bonds. The lowest BCUT2D eigenvalue weighted by Gasteiger charge is -2.26. The molecule has 1 fully saturated rings. The fourth-order valence-corrected chi connectivity index (χ4v) is 2.20. The number of primary amides is 1. The number of aliphatic hydroxyl groups excluding tert-OH is 1. The summed E-state index contributed by atoms with van der Waals surface area (Å²) in [5.41, 5.74) is 5.40. The molecule has 2 atom stereocenters. The number of amides is 1. The molecule has 1 aliphatic rings. The van der Waals surface area contributed by atoms with Crippen LogP contribution in [0.15, 0.2) is 0 Å². The van der Waals surface area contributed by atoms with E-state index >= 15 is 0 Å². The van der Waals surface area contributed by atoms with Gasteiger partial charge in [-0.25, -0.2) is 0 Å². The van der Waals surface area contributed by atoms with Crippen LogP contribution in [-0.4, -0.2) is 41.7 Å². The third-order valence-corrected chi connectivity index (χ3v) is 3.32. The highest BCUT2D eigenvalue weighted by Gasteiger charge is 2.37. The highest BCUT2D eigenvalue weighted by Crippen LogP contribution is 2.36. The van der Waals surface area contributed by atoms with Crippen molar-refractivity contribution in [2.24, 2.45) is 17.1 Å². The summed E-state index contributed by atoms with van der Waals surface area (Å²) in [5.74, 6) is 0.206. The van der Waals surface area contributed by atoms with Crippen molar-refractivity contribution in [2.75, 3.05) is 19.7 Å². The van der Waals surface area contributed by atoms with E-state index in [1.165, 1.54) is 0 Å². The zero-order valence-corrected chi connectivity index (χ0v) is 9.86. The first-order valence-corrected chi connectivity index (χ1v) is 5.47. The quantitative estimate of drug-likeness (QED) is 0.705. The van der Waals surface area contributed by atoms with Gasteiger partial charge in [-0.3, -0.25) is 9.69 Å². The van der Waals surface area contributed by atoms with Crippen LogP contribution in [0.5, 0.6) is 0 Å². The molecule has 0 aromatic rings. The van der Waals surface area contributed by atoms with Gasteiger partial charge in [-0.1, -0.05) is 20.8 Å². The van der Waals surface area contributed by atoms with Gasteiger partial charge in [0.15, 0.2) is 0 Å². The van der Waals surface area contributed by atoms with Crippen LogP contribution in [0.3, 0.4) is 0 Å². The summed E-state index contributed by atoms with van der Waals surface area (Å²) in [4.78, 5) is 12.9. The lowest BCUT2D eigenvalue weighted by atomic mass is 9.79. The number of carbonyl (C=O) groups is 1. The minimum absolute atomic E-state index is 0.0988. The Bertz CT molecular complexity index is 235. The molecule has 0 radical (unpaired) electrons. The van der Waals surface area contributed by atoms with E-state index in [1.807, 2.05) is 4.90 Å². The molecule has 0 bridgehead atoms. The molecule has 2 unspecified atom stereocenters. The molecule has 1 saturated heterocycles. The number of nitrogens with two attached hydrogens (primary N) is 1. The van der Waals surface area contributed by atoms with Crippen molar-refractivity contribution in [3.05, 3.63) is 0 Å². The average Bonchev–Trinajstić information content (AvgIpc) is 2.45. The van der Waals surface area contributed by atoms with E-state index in [2.05, 4.69) is 20.8 Å². The van der Waals surface area contributed by atoms with Crippen molar-refractivity contribution in [2.45, 2.75) is 33.2 Å². The van der Waals surface area contributed by atoms with Crippen LogP contribution in [0.25, 0.3) is 0 Å². The Morgan fingerprint density at radius 2 is 2.13 bits per heavy atom. The molecule has 1 heterocycles. The average molecular weight is 214 g/mol. The van der Waals surface area contributed by atoms with Gasteiger partial charge in [-0.2, -0.15) is 0 Å². The molecule has 4 nitrogen and oxygen atoms in total. The molecule has 88 valence electrons. The Labute approximate surface area is 91.4 Å². The zero-order chi connectivity index (χ0) is 11.6. The van der Waals surface area contributed by atoms with Gasteiger partial charge in [-0.05, 0) is 17.8 Å². The maximum absolute atomic E-state index is 10.9. The molecular formula is C11H22N2O2. The Hall–Kier alpha value is -0.610. The van der Waals surface area contributed by atoms with Gasteiger partial charge in [0.05, 0.1) is 13.2 Å². The Balaban J connectivity index is 2.62. The topological polar surface area (TPSA) is 66.6 Å². The zero-order valence-electron chi connectivity index (χ0n) is 9.86. The van der Waals surface area contributed by atoms with Crippen molar-refractivity contribution in [1.29, 1.82) is 0 Å². The molecule has 0 aromatic heterocycles. The van der Waals surface area contributed by atoms with E-state index < -0.39 is 0 Å². The first-order valence-electron chi connectivity index (χ1n) is 5.47. The van der Waals surface area contributed by atoms with Crippen molar-refractivity contribution < 1.29 is 9.90 Å². The Kier molecular flexibility index (Phi) is 3.73. The molecule has 15 heavy (non-hydrogen) atoms. The number of carbonyl (C=O) groups excluding carboxylic acids is 1. The summed E-state index contributed by atoms with van der Waals surface area (Å²) >= 11 is 0. The second-order valence-electron chi connectivity index (χ2n) is 5.53. The summed E-state index contributed by atoms with van der Waals surface area (Å²) in [5, 5.41) is 9.24. The van der Waals surface area contributed by atoms with Gasteiger partial charge in [0.2, 0.25) is 5.91 Å². The molecule has 0 saturated carbocycles. The fraction of sp³-hybridized carbons (Fsp3) is 0.909. The van der Waals surface area contributed by atoms with Crippen molar-refractivity contribution >= 4 is 5.91 Å². The van der Waals surface area contributed by atoms with Gasteiger partial charge in [0, 0.05) is 12.6 Å². The normalized spacial score (nSPS) is 28.3. The number of likely N-dealkylation sites (tertiary alicyclic amines) is 1. The van der Waals surface area contributed by atoms with Gasteiger partial charge < -0.3 is 10.8 Å². The highest BCUT2D eigenvalue weighted by molar-refractivity contribution is 5.76. The molecule has 0 aromatic carbocycles. The van der Waals surface area contributed by atoms with Crippen molar-refractivity contribution in [3.63, 3.8) is 0 Å². The van der Waals surface area contributed by atoms with Crippen LogP contribution in [0.4, 0.5) is 0 Å². The lowest BCUT2D eigenvalue weighted by molar-refractivity contribution is -0.119. The predicted octanol–water partition coefficient (Wildman–Crippen LogP) is 0.201. The predicted molar refractivity (Wildman–Crippen MR) is 59.2 cm³/mol. The molecular weight excluding hydrogens is 192 g/mol. The Morgan fingerprint density at radius 1 is 1.53 bits per heavy atom. The first kappa shape index (κ1) is 12.5. The van der Waals surface area contributed by atoms with E-state index in [1.54, 1.807) is 0 Å². The summed E-state index contributed by atoms with van der Waals surface area (Å²) in [6.07, 6.45) is 0.952. The van der Waals surface area contributed by atoms with Crippen LogP contribution in [0.1, 0.15) is 27.2 Å². The number of aliphatic hydroxyl groups is 1. The number of hydrogen-bond donors (Lipinski definition) is 2. The molecule has 1 rings (SSSR count). The summed E-state index contributed by atoms with van der Waals surface area (Å²) in [7, 11) is 0. The third-order valence-electron chi connectivity index (χ3n) is 3.32. The van der Waals surface area contributed by atoms with Crippen LogP contribution < -0.4 is 5.73 Å². The maximum atomic E-state index is 10.9. The molecule has 0 spiro atoms. The van der Waals surface area contributed by atoms with Crippen LogP contribution >= 0.6 is 0 Å². The number of rotatable bonds is 3. The molecule has 1 aliphatic heterocycles. The van der Waals surface area contributed by atoms with Gasteiger partial charge in [0.1, 0.15) is 0 Å². The SMILES string of the molecule is CC(C)(C)C1CC(CO)N(CC(N)=O)C1. The second kappa shape index (κ2) is 4.49. The second-order valence-corrected chi connectivity index (χ2v) is 5.53. The van der Waals surface area contributed by atoms with E-state index in [9.17, 15) is 9.90 Å². The lowest BCUT2D eigenvalue weighted by Crippen LogP contribution is -2.39. The standard InChI is InChI=1S/C11H22N2O2/c1-11(2,3)8-4-9(7-14)13(5-8)6-10(12)15/h8-9,14H,4-7H2,1-3H3,(H2,12,15). The summed E-state index contributed by atoms with van der Waals surface area (Å²) in [6.45, 7) is 7.81. The van der Waals surface area contributed by atoms with Gasteiger partial charge >= 0.3 is 0 Å². The highest BCUT2D eigenvalue weighted by atomic mass is 16.3. The van der Waals surface area contributed by atoms with Crippen molar-refractivity contribution in [3.8, 4) is 0 Å². The van der Waals surface area contributed by atoms with E-state index in [0.29, 0.717) is 5.92 Å². The van der Waals surface area contributed by atoms with Crippen LogP contribution in [0, 0.1) is 11.3 Å². The maximum Gasteiger partial charge on any atom is 0.231 e. The van der Waals surface area contributed by atoms with Gasteiger partial charge in [-0.15, -0.1) is 0 Å². The molecule has 4 heteroatoms. The molecule has 3 N–H and O–H groups in total. The summed E-state index contributed by atoms with van der Waals surface area (Å²) < 4.78 is 0. The third kappa shape index (κ3) is 3.18. The minimum atomic E-state index is -0.317. The van der Waals surface area contributed by atoms with E-state index in [0.717, 1.165) is 13.0 Å². The number of nitrogens with zero attached hydrogens (tertiary/aromatic N) is 1. The smallest absolute Gasteiger partial charge is 0.231 e. The monoisotopic (exact) mass is 214 g/mol.